The van der Waals surface area contributed by atoms with E-state index in [0.29, 0.717) is 0 Å². The number of aliphatic hydroxyl groups excluding tert-OH is 1. The molecule has 0 spiro atoms. The van der Waals surface area contributed by atoms with Gasteiger partial charge < -0.3 is 5.11 Å². The normalized spacial score (nSPS) is 35.0. The Morgan fingerprint density at radius 2 is 1.80 bits per heavy atom. The maximum absolute atomic E-state index is 9.17. The van der Waals surface area contributed by atoms with Crippen LogP contribution in [0.25, 0.3) is 0 Å². The molecule has 0 aromatic heterocycles. The first-order valence-electron chi connectivity index (χ1n) is 4.14. The number of rotatable bonds is 1. The molecule has 0 aliphatic heterocycles. The van der Waals surface area contributed by atoms with E-state index in [0.717, 1.165) is 18.8 Å². The molecule has 1 N–H and O–H groups in total. The van der Waals surface area contributed by atoms with Crippen molar-refractivity contribution in [2.45, 2.75) is 38.7 Å². The summed E-state index contributed by atoms with van der Waals surface area (Å²) >= 11 is 0. The predicted molar refractivity (Wildman–Crippen MR) is 42.8 cm³/mol. The first kappa shape index (κ1) is 7.80. The minimum atomic E-state index is -0.0125. The molecule has 0 atom stereocenters. The quantitative estimate of drug-likeness (QED) is 0.553. The fourth-order valence-corrected chi connectivity index (χ4v) is 1.57. The molecule has 10 heavy (non-hydrogen) atoms. The molecular weight excluding hydrogens is 124 g/mol. The summed E-state index contributed by atoms with van der Waals surface area (Å²) in [6.45, 7) is 2.06. The standard InChI is InChI=1S/C9H16O/c1-2-3-8-4-6-9(10)7-5-8/h2-3,8-10H,4-7H2,1H3/b3-2-/t8-,9-. The number of hydrogen-bond donors (Lipinski definition) is 1. The molecule has 1 nitrogen and oxygen atoms in total. The highest BCUT2D eigenvalue weighted by molar-refractivity contribution is 4.88. The van der Waals surface area contributed by atoms with E-state index in [2.05, 4.69) is 19.1 Å². The van der Waals surface area contributed by atoms with E-state index in [4.69, 9.17) is 0 Å². The van der Waals surface area contributed by atoms with E-state index in [1.54, 1.807) is 0 Å². The van der Waals surface area contributed by atoms with Crippen LogP contribution in [0.4, 0.5) is 0 Å². The second-order valence-electron chi connectivity index (χ2n) is 3.09. The van der Waals surface area contributed by atoms with Crippen LogP contribution in [0.15, 0.2) is 12.2 Å². The van der Waals surface area contributed by atoms with E-state index < -0.39 is 0 Å². The highest BCUT2D eigenvalue weighted by Gasteiger charge is 2.16. The Hall–Kier alpha value is -0.300. The van der Waals surface area contributed by atoms with Crippen molar-refractivity contribution < 1.29 is 5.11 Å². The molecule has 0 saturated heterocycles. The first-order valence-corrected chi connectivity index (χ1v) is 4.14. The summed E-state index contributed by atoms with van der Waals surface area (Å²) in [4.78, 5) is 0. The number of aliphatic hydroxyl groups is 1. The number of hydrogen-bond acceptors (Lipinski definition) is 1. The van der Waals surface area contributed by atoms with Crippen LogP contribution in [0, 0.1) is 5.92 Å². The Bertz CT molecular complexity index is 110. The summed E-state index contributed by atoms with van der Waals surface area (Å²) in [5.41, 5.74) is 0. The van der Waals surface area contributed by atoms with Crippen LogP contribution in [0.1, 0.15) is 32.6 Å². The summed E-state index contributed by atoms with van der Waals surface area (Å²) in [5.74, 6) is 0.744. The van der Waals surface area contributed by atoms with Crippen molar-refractivity contribution in [2.75, 3.05) is 0 Å². The molecule has 1 saturated carbocycles. The molecule has 58 valence electrons. The van der Waals surface area contributed by atoms with E-state index in [-0.39, 0.29) is 6.10 Å². The van der Waals surface area contributed by atoms with Gasteiger partial charge in [0.15, 0.2) is 0 Å². The van der Waals surface area contributed by atoms with Crippen molar-refractivity contribution in [1.82, 2.24) is 0 Å². The van der Waals surface area contributed by atoms with E-state index in [1.165, 1.54) is 12.8 Å². The zero-order chi connectivity index (χ0) is 7.40. The molecule has 0 aromatic rings. The maximum Gasteiger partial charge on any atom is 0.0540 e. The van der Waals surface area contributed by atoms with Gasteiger partial charge in [-0.05, 0) is 38.5 Å². The van der Waals surface area contributed by atoms with Gasteiger partial charge in [0.05, 0.1) is 6.10 Å². The lowest BCUT2D eigenvalue weighted by molar-refractivity contribution is 0.118. The fourth-order valence-electron chi connectivity index (χ4n) is 1.57. The third-order valence-corrected chi connectivity index (χ3v) is 2.21. The minimum absolute atomic E-state index is 0.0125. The molecule has 0 heterocycles. The van der Waals surface area contributed by atoms with Gasteiger partial charge >= 0.3 is 0 Å². The molecular formula is C9H16O. The average Bonchev–Trinajstić information content (AvgIpc) is 1.95. The molecule has 1 fully saturated rings. The van der Waals surface area contributed by atoms with Gasteiger partial charge in [-0.15, -0.1) is 0 Å². The van der Waals surface area contributed by atoms with Gasteiger partial charge in [-0.2, -0.15) is 0 Å². The van der Waals surface area contributed by atoms with Crippen LogP contribution in [0.2, 0.25) is 0 Å². The molecule has 1 aliphatic carbocycles. The Balaban J connectivity index is 2.26. The molecule has 0 bridgehead atoms. The summed E-state index contributed by atoms with van der Waals surface area (Å²) < 4.78 is 0. The SMILES string of the molecule is C/C=C\[C@H]1CC[C@H](O)CC1. The maximum atomic E-state index is 9.17. The zero-order valence-corrected chi connectivity index (χ0v) is 6.59. The van der Waals surface area contributed by atoms with Crippen molar-refractivity contribution in [1.29, 1.82) is 0 Å². The van der Waals surface area contributed by atoms with Crippen molar-refractivity contribution in [3.05, 3.63) is 12.2 Å². The molecule has 1 rings (SSSR count). The topological polar surface area (TPSA) is 20.2 Å². The Labute approximate surface area is 62.8 Å². The third kappa shape index (κ3) is 2.14. The minimum Gasteiger partial charge on any atom is -0.393 e. The molecule has 0 radical (unpaired) electrons. The Kier molecular flexibility index (Phi) is 2.94. The van der Waals surface area contributed by atoms with Gasteiger partial charge in [0.25, 0.3) is 0 Å². The molecule has 1 heteroatoms. The van der Waals surface area contributed by atoms with Crippen LogP contribution >= 0.6 is 0 Å². The van der Waals surface area contributed by atoms with Gasteiger partial charge in [-0.25, -0.2) is 0 Å². The summed E-state index contributed by atoms with van der Waals surface area (Å²) in [5, 5.41) is 9.17. The van der Waals surface area contributed by atoms with Gasteiger partial charge in [0, 0.05) is 0 Å². The summed E-state index contributed by atoms with van der Waals surface area (Å²) in [6, 6.07) is 0. The fraction of sp³-hybridized carbons (Fsp3) is 0.778. The van der Waals surface area contributed by atoms with E-state index >= 15 is 0 Å². The van der Waals surface area contributed by atoms with Crippen LogP contribution < -0.4 is 0 Å². The van der Waals surface area contributed by atoms with Gasteiger partial charge in [-0.1, -0.05) is 12.2 Å². The average molecular weight is 140 g/mol. The second-order valence-corrected chi connectivity index (χ2v) is 3.09. The lowest BCUT2D eigenvalue weighted by atomic mass is 9.87. The molecule has 0 aromatic carbocycles. The largest absolute Gasteiger partial charge is 0.393 e. The lowest BCUT2D eigenvalue weighted by Crippen LogP contribution is -2.16. The van der Waals surface area contributed by atoms with Crippen LogP contribution in [0.3, 0.4) is 0 Å². The van der Waals surface area contributed by atoms with Gasteiger partial charge in [-0.3, -0.25) is 0 Å². The highest BCUT2D eigenvalue weighted by atomic mass is 16.3. The lowest BCUT2D eigenvalue weighted by Gasteiger charge is -2.22. The highest BCUT2D eigenvalue weighted by Crippen LogP contribution is 2.24. The zero-order valence-electron chi connectivity index (χ0n) is 6.59. The molecule has 1 aliphatic rings. The molecule has 0 amide bonds. The number of allylic oxidation sites excluding steroid dienone is 2. The van der Waals surface area contributed by atoms with E-state index in [1.807, 2.05) is 0 Å². The van der Waals surface area contributed by atoms with Crippen molar-refractivity contribution >= 4 is 0 Å². The summed E-state index contributed by atoms with van der Waals surface area (Å²) in [6.07, 6.45) is 8.69. The first-order chi connectivity index (χ1) is 4.83. The molecule has 0 unspecified atom stereocenters. The Morgan fingerprint density at radius 1 is 1.20 bits per heavy atom. The van der Waals surface area contributed by atoms with Gasteiger partial charge in [0.2, 0.25) is 0 Å². The Morgan fingerprint density at radius 3 is 2.30 bits per heavy atom. The monoisotopic (exact) mass is 140 g/mol. The van der Waals surface area contributed by atoms with Gasteiger partial charge in [0.1, 0.15) is 0 Å². The predicted octanol–water partition coefficient (Wildman–Crippen LogP) is 2.11. The van der Waals surface area contributed by atoms with Crippen LogP contribution in [0.5, 0.6) is 0 Å². The summed E-state index contributed by atoms with van der Waals surface area (Å²) in [7, 11) is 0. The van der Waals surface area contributed by atoms with E-state index in [9.17, 15) is 5.11 Å². The van der Waals surface area contributed by atoms with Crippen LogP contribution in [-0.4, -0.2) is 11.2 Å². The van der Waals surface area contributed by atoms with Crippen LogP contribution in [-0.2, 0) is 0 Å². The second kappa shape index (κ2) is 3.77. The van der Waals surface area contributed by atoms with Crippen molar-refractivity contribution in [2.24, 2.45) is 5.92 Å². The van der Waals surface area contributed by atoms with Crippen molar-refractivity contribution in [3.8, 4) is 0 Å². The smallest absolute Gasteiger partial charge is 0.0540 e. The van der Waals surface area contributed by atoms with Crippen molar-refractivity contribution in [3.63, 3.8) is 0 Å². The third-order valence-electron chi connectivity index (χ3n) is 2.21.